The van der Waals surface area contributed by atoms with E-state index in [9.17, 15) is 60.3 Å². The van der Waals surface area contributed by atoms with E-state index >= 15 is 0 Å². The van der Waals surface area contributed by atoms with Crippen LogP contribution in [-0.2, 0) is 14.3 Å². The van der Waals surface area contributed by atoms with E-state index in [2.05, 4.69) is 0 Å². The fourth-order valence-corrected chi connectivity index (χ4v) is 3.34. The zero-order valence-electron chi connectivity index (χ0n) is 17.2. The lowest BCUT2D eigenvalue weighted by Crippen LogP contribution is -2.51. The van der Waals surface area contributed by atoms with Gasteiger partial charge in [-0.05, 0) is 12.1 Å². The van der Waals surface area contributed by atoms with Crippen LogP contribution in [0.5, 0.6) is 34.5 Å². The number of carboxylic acids is 1. The van der Waals surface area contributed by atoms with Gasteiger partial charge in [-0.2, -0.15) is 0 Å². The molecule has 0 bridgehead atoms. The van der Waals surface area contributed by atoms with Crippen molar-refractivity contribution in [3.8, 4) is 45.6 Å². The molecule has 1 aliphatic rings. The third-order valence-electron chi connectivity index (χ3n) is 5.12. The zero-order valence-corrected chi connectivity index (χ0v) is 17.2. The van der Waals surface area contributed by atoms with Gasteiger partial charge in [0.25, 0.3) is 0 Å². The van der Waals surface area contributed by atoms with Crippen LogP contribution in [0.15, 0.2) is 12.1 Å². The molecule has 0 aromatic heterocycles. The largest absolute Gasteiger partial charge is 0.504 e. The van der Waals surface area contributed by atoms with E-state index in [1.165, 1.54) is 0 Å². The molecule has 10 N–H and O–H groups in total. The van der Waals surface area contributed by atoms with Gasteiger partial charge in [-0.25, -0.2) is 14.4 Å². The van der Waals surface area contributed by atoms with Gasteiger partial charge in [0.2, 0.25) is 11.5 Å². The van der Waals surface area contributed by atoms with E-state index in [4.69, 9.17) is 14.6 Å². The van der Waals surface area contributed by atoms with E-state index in [0.29, 0.717) is 12.1 Å². The van der Waals surface area contributed by atoms with Crippen LogP contribution < -0.4 is 0 Å². The number of benzene rings is 2. The summed E-state index contributed by atoms with van der Waals surface area (Å²) >= 11 is 0. The fraction of sp³-hybridized carbons (Fsp3) is 0.250. The minimum absolute atomic E-state index is 0.479. The maximum Gasteiger partial charge on any atom is 0.339 e. The first-order valence-corrected chi connectivity index (χ1v) is 9.49. The van der Waals surface area contributed by atoms with Crippen LogP contribution in [0, 0.1) is 0 Å². The summed E-state index contributed by atoms with van der Waals surface area (Å²) < 4.78 is 9.71. The average molecular weight is 498 g/mol. The molecule has 2 aromatic carbocycles. The molecule has 15 nitrogen and oxygen atoms in total. The third-order valence-corrected chi connectivity index (χ3v) is 5.12. The Hall–Kier alpha value is -4.47. The molecule has 15 heteroatoms. The van der Waals surface area contributed by atoms with Crippen molar-refractivity contribution in [3.05, 3.63) is 23.3 Å². The van der Waals surface area contributed by atoms with Crippen LogP contribution in [0.3, 0.4) is 0 Å². The van der Waals surface area contributed by atoms with Crippen molar-refractivity contribution < 1.29 is 74.9 Å². The summed E-state index contributed by atoms with van der Waals surface area (Å²) in [6, 6.07) is 1.03. The van der Waals surface area contributed by atoms with Crippen molar-refractivity contribution in [1.29, 1.82) is 0 Å². The second kappa shape index (κ2) is 9.05. The predicted molar refractivity (Wildman–Crippen MR) is 107 cm³/mol. The van der Waals surface area contributed by atoms with Crippen LogP contribution in [-0.4, -0.2) is 100.0 Å². The maximum atomic E-state index is 13.0. The van der Waals surface area contributed by atoms with Crippen molar-refractivity contribution in [1.82, 2.24) is 0 Å². The number of phenols is 6. The number of hydrogen-bond acceptors (Lipinski definition) is 14. The van der Waals surface area contributed by atoms with E-state index < -0.39 is 106 Å². The summed E-state index contributed by atoms with van der Waals surface area (Å²) in [7, 11) is 0. The normalized spacial score (nSPS) is 19.9. The number of aliphatic hydroxyl groups excluding tert-OH is 3. The molecule has 4 unspecified atom stereocenters. The van der Waals surface area contributed by atoms with Crippen LogP contribution in [0.25, 0.3) is 11.1 Å². The molecule has 4 atom stereocenters. The quantitative estimate of drug-likeness (QED) is 0.169. The van der Waals surface area contributed by atoms with Gasteiger partial charge in [0.05, 0.1) is 11.1 Å². The Morgan fingerprint density at radius 3 is 1.74 bits per heavy atom. The first kappa shape index (κ1) is 25.2. The second-order valence-electron chi connectivity index (χ2n) is 7.34. The minimum Gasteiger partial charge on any atom is -0.504 e. The highest BCUT2D eigenvalue weighted by Crippen LogP contribution is 2.52. The number of carbonyl (C=O) groups is 3. The number of phenolic OH excluding ortho intramolecular Hbond substituents is 6. The number of ether oxygens (including phenoxy) is 2. The monoisotopic (exact) mass is 498 g/mol. The Kier molecular flexibility index (Phi) is 6.51. The molecule has 0 saturated carbocycles. The third kappa shape index (κ3) is 4.25. The average Bonchev–Trinajstić information content (AvgIpc) is 2.82. The Labute approximate surface area is 193 Å². The number of fused-ring (bicyclic) bond motifs is 3. The molecule has 0 fully saturated rings. The molecule has 2 aromatic rings. The number of carbonyl (C=O) groups excluding carboxylic acids is 2. The molecule has 1 heterocycles. The number of esters is 2. The summed E-state index contributed by atoms with van der Waals surface area (Å²) in [6.07, 6.45) is -9.52. The SMILES string of the molecule is O=C1OCC(O)C(C(O)C(O)C(=O)O)OC(=O)c2cc(O)c(O)c(O)c2-c2c1cc(O)c(O)c2O. The standard InChI is InChI=1S/C20H18O15/c21-6-1-4-9(13(26)11(6)24)10-5(2-7(22)12(25)14(10)27)20(33)35-17(8(23)3-34-19(4)32)15(28)16(29)18(30)31/h1-2,8,15-17,21-29H,3H2,(H,30,31). The summed E-state index contributed by atoms with van der Waals surface area (Å²) in [4.78, 5) is 36.7. The molecule has 0 aliphatic carbocycles. The second-order valence-corrected chi connectivity index (χ2v) is 7.34. The van der Waals surface area contributed by atoms with Crippen LogP contribution in [0.2, 0.25) is 0 Å². The van der Waals surface area contributed by atoms with Crippen LogP contribution >= 0.6 is 0 Å². The fourth-order valence-electron chi connectivity index (χ4n) is 3.34. The number of aromatic hydroxyl groups is 6. The lowest BCUT2D eigenvalue weighted by Gasteiger charge is -2.28. The van der Waals surface area contributed by atoms with Crippen molar-refractivity contribution >= 4 is 17.9 Å². The number of cyclic esters (lactones) is 2. The molecule has 0 saturated heterocycles. The Morgan fingerprint density at radius 2 is 1.29 bits per heavy atom. The van der Waals surface area contributed by atoms with E-state index in [1.54, 1.807) is 0 Å². The lowest BCUT2D eigenvalue weighted by atomic mass is 9.92. The highest BCUT2D eigenvalue weighted by atomic mass is 16.6. The van der Waals surface area contributed by atoms with Gasteiger partial charge in [0.1, 0.15) is 18.8 Å². The number of aliphatic hydroxyl groups is 3. The van der Waals surface area contributed by atoms with Crippen LogP contribution in [0.4, 0.5) is 0 Å². The molecular weight excluding hydrogens is 480 g/mol. The van der Waals surface area contributed by atoms with Gasteiger partial charge in [0.15, 0.2) is 35.2 Å². The van der Waals surface area contributed by atoms with Gasteiger partial charge in [-0.15, -0.1) is 0 Å². The summed E-state index contributed by atoms with van der Waals surface area (Å²) in [5.74, 6) is -12.3. The molecular formula is C20H18O15. The maximum absolute atomic E-state index is 13.0. The van der Waals surface area contributed by atoms with E-state index in [0.717, 1.165) is 0 Å². The van der Waals surface area contributed by atoms with Crippen molar-refractivity contribution in [3.63, 3.8) is 0 Å². The topological polar surface area (TPSA) is 272 Å². The molecule has 0 amide bonds. The van der Waals surface area contributed by atoms with Gasteiger partial charge >= 0.3 is 17.9 Å². The van der Waals surface area contributed by atoms with Crippen LogP contribution in [0.1, 0.15) is 20.7 Å². The number of rotatable bonds is 3. The smallest absolute Gasteiger partial charge is 0.339 e. The molecule has 0 spiro atoms. The first-order valence-electron chi connectivity index (χ1n) is 9.49. The molecule has 188 valence electrons. The molecule has 35 heavy (non-hydrogen) atoms. The Balaban J connectivity index is 2.35. The van der Waals surface area contributed by atoms with Gasteiger partial charge in [-0.1, -0.05) is 0 Å². The summed E-state index contributed by atoms with van der Waals surface area (Å²) in [5.41, 5.74) is -3.58. The minimum atomic E-state index is -2.60. The van der Waals surface area contributed by atoms with Crippen molar-refractivity contribution in [2.75, 3.05) is 6.61 Å². The van der Waals surface area contributed by atoms with Gasteiger partial charge in [0, 0.05) is 11.1 Å². The Morgan fingerprint density at radius 1 is 0.829 bits per heavy atom. The number of carboxylic acid groups (broad SMARTS) is 1. The zero-order chi connectivity index (χ0) is 26.4. The number of hydrogen-bond donors (Lipinski definition) is 10. The lowest BCUT2D eigenvalue weighted by molar-refractivity contribution is -0.165. The predicted octanol–water partition coefficient (Wildman–Crippen LogP) is -1.55. The summed E-state index contributed by atoms with van der Waals surface area (Å²) in [6.45, 7) is -1.10. The highest BCUT2D eigenvalue weighted by molar-refractivity contribution is 6.08. The van der Waals surface area contributed by atoms with Gasteiger partial charge < -0.3 is 60.5 Å². The molecule has 1 aliphatic heterocycles. The van der Waals surface area contributed by atoms with Crippen molar-refractivity contribution in [2.24, 2.45) is 0 Å². The molecule has 3 rings (SSSR count). The van der Waals surface area contributed by atoms with E-state index in [1.807, 2.05) is 0 Å². The van der Waals surface area contributed by atoms with Crippen molar-refractivity contribution in [2.45, 2.75) is 24.4 Å². The Bertz CT molecular complexity index is 1220. The first-order chi connectivity index (χ1) is 16.3. The summed E-state index contributed by atoms with van der Waals surface area (Å²) in [5, 5.41) is 99.6. The van der Waals surface area contributed by atoms with Gasteiger partial charge in [-0.3, -0.25) is 0 Å². The van der Waals surface area contributed by atoms with E-state index in [-0.39, 0.29) is 0 Å². The number of aliphatic carboxylic acids is 1. The highest BCUT2D eigenvalue weighted by Gasteiger charge is 2.41. The molecule has 0 radical (unpaired) electrons.